The molecule has 0 aliphatic carbocycles. The molecule has 8 heteroatoms. The van der Waals surface area contributed by atoms with E-state index in [1.807, 2.05) is 0 Å². The summed E-state index contributed by atoms with van der Waals surface area (Å²) in [5.74, 6) is -0.509. The van der Waals surface area contributed by atoms with Gasteiger partial charge in [0, 0.05) is 6.92 Å². The Morgan fingerprint density at radius 2 is 1.81 bits per heavy atom. The number of benzene rings is 1. The second-order valence-corrected chi connectivity index (χ2v) is 5.77. The lowest BCUT2D eigenvalue weighted by Gasteiger charge is -2.20. The van der Waals surface area contributed by atoms with E-state index < -0.39 is 24.1 Å². The highest BCUT2D eigenvalue weighted by molar-refractivity contribution is 5.81. The Morgan fingerprint density at radius 3 is 2.35 bits per heavy atom. The Labute approximate surface area is 152 Å². The third kappa shape index (κ3) is 6.62. The number of carbonyl (C=O) groups excluding carboxylic acids is 3. The number of ether oxygens (including phenoxy) is 4. The fourth-order valence-corrected chi connectivity index (χ4v) is 2.09. The molecule has 0 aliphatic rings. The summed E-state index contributed by atoms with van der Waals surface area (Å²) in [4.78, 5) is 34.9. The molecule has 0 saturated heterocycles. The summed E-state index contributed by atoms with van der Waals surface area (Å²) in [7, 11) is 1.44. The molecule has 0 heterocycles. The maximum atomic E-state index is 12.0. The van der Waals surface area contributed by atoms with Crippen LogP contribution in [0.2, 0.25) is 0 Å². The summed E-state index contributed by atoms with van der Waals surface area (Å²) in [6, 6.07) is 3.99. The van der Waals surface area contributed by atoms with E-state index in [9.17, 15) is 14.4 Å². The minimum atomic E-state index is -0.789. The van der Waals surface area contributed by atoms with E-state index in [2.05, 4.69) is 5.32 Å². The number of carbonyl (C=O) groups is 3. The molecule has 1 atom stereocenters. The Balaban J connectivity index is 2.68. The molecule has 26 heavy (non-hydrogen) atoms. The molecular formula is C18H25NO7. The molecule has 0 aliphatic heterocycles. The second kappa shape index (κ2) is 10.3. The summed E-state index contributed by atoms with van der Waals surface area (Å²) < 4.78 is 20.2. The maximum Gasteiger partial charge on any atom is 0.408 e. The number of hydrogen-bond acceptors (Lipinski definition) is 7. The molecule has 1 amide bonds. The monoisotopic (exact) mass is 367 g/mol. The number of rotatable bonds is 8. The molecule has 1 aromatic carbocycles. The molecule has 1 N–H and O–H groups in total. The minimum absolute atomic E-state index is 0.0455. The zero-order chi connectivity index (χ0) is 19.7. The predicted octanol–water partition coefficient (Wildman–Crippen LogP) is 2.43. The van der Waals surface area contributed by atoms with Crippen LogP contribution in [0.15, 0.2) is 18.2 Å². The van der Waals surface area contributed by atoms with Crippen LogP contribution in [0, 0.1) is 5.92 Å². The fraction of sp³-hybridized carbons (Fsp3) is 0.500. The molecule has 1 rings (SSSR count). The number of amides is 1. The maximum absolute atomic E-state index is 12.0. The number of esters is 2. The van der Waals surface area contributed by atoms with Gasteiger partial charge in [-0.1, -0.05) is 19.9 Å². The van der Waals surface area contributed by atoms with Gasteiger partial charge in [0.25, 0.3) is 0 Å². The van der Waals surface area contributed by atoms with Crippen LogP contribution in [0.1, 0.15) is 33.3 Å². The Bertz CT molecular complexity index is 642. The van der Waals surface area contributed by atoms with Crippen LogP contribution in [0.25, 0.3) is 0 Å². The third-order valence-corrected chi connectivity index (χ3v) is 3.33. The Morgan fingerprint density at radius 1 is 1.12 bits per heavy atom. The van der Waals surface area contributed by atoms with Crippen molar-refractivity contribution in [3.8, 4) is 11.5 Å². The highest BCUT2D eigenvalue weighted by Gasteiger charge is 2.26. The van der Waals surface area contributed by atoms with Crippen molar-refractivity contribution in [1.29, 1.82) is 0 Å². The van der Waals surface area contributed by atoms with E-state index in [0.29, 0.717) is 11.3 Å². The largest absolute Gasteiger partial charge is 0.493 e. The summed E-state index contributed by atoms with van der Waals surface area (Å²) in [5.41, 5.74) is 0.630. The van der Waals surface area contributed by atoms with Gasteiger partial charge in [0.2, 0.25) is 0 Å². The van der Waals surface area contributed by atoms with Gasteiger partial charge in [0.15, 0.2) is 11.5 Å². The highest BCUT2D eigenvalue weighted by Crippen LogP contribution is 2.28. The SMILES string of the molecule is CCOC(=O)C(NC(=O)OCc1ccc(OC(C)=O)c(OC)c1)C(C)C. The van der Waals surface area contributed by atoms with Gasteiger partial charge in [0.05, 0.1) is 13.7 Å². The highest BCUT2D eigenvalue weighted by atomic mass is 16.6. The first-order chi connectivity index (χ1) is 12.3. The third-order valence-electron chi connectivity index (χ3n) is 3.33. The average Bonchev–Trinajstić information content (AvgIpc) is 2.58. The normalized spacial score (nSPS) is 11.5. The van der Waals surface area contributed by atoms with Gasteiger partial charge < -0.3 is 24.3 Å². The van der Waals surface area contributed by atoms with Crippen LogP contribution in [-0.4, -0.2) is 37.8 Å². The van der Waals surface area contributed by atoms with Crippen molar-refractivity contribution >= 4 is 18.0 Å². The molecule has 0 radical (unpaired) electrons. The smallest absolute Gasteiger partial charge is 0.408 e. The predicted molar refractivity (Wildman–Crippen MR) is 92.9 cm³/mol. The van der Waals surface area contributed by atoms with Crippen molar-refractivity contribution in [2.75, 3.05) is 13.7 Å². The fourth-order valence-electron chi connectivity index (χ4n) is 2.09. The van der Waals surface area contributed by atoms with Crippen molar-refractivity contribution < 1.29 is 33.3 Å². The van der Waals surface area contributed by atoms with E-state index in [1.165, 1.54) is 14.0 Å². The van der Waals surface area contributed by atoms with Crippen molar-refractivity contribution in [2.24, 2.45) is 5.92 Å². The summed E-state index contributed by atoms with van der Waals surface area (Å²) in [5, 5.41) is 2.50. The molecule has 0 bridgehead atoms. The minimum Gasteiger partial charge on any atom is -0.493 e. The zero-order valence-electron chi connectivity index (χ0n) is 15.7. The Kier molecular flexibility index (Phi) is 8.41. The first-order valence-corrected chi connectivity index (χ1v) is 8.23. The lowest BCUT2D eigenvalue weighted by atomic mass is 10.1. The molecule has 0 saturated carbocycles. The van der Waals surface area contributed by atoms with E-state index in [1.54, 1.807) is 39.0 Å². The van der Waals surface area contributed by atoms with Crippen LogP contribution in [0.3, 0.4) is 0 Å². The molecule has 0 fully saturated rings. The number of nitrogens with one attached hydrogen (secondary N) is 1. The van der Waals surface area contributed by atoms with E-state index >= 15 is 0 Å². The molecule has 144 valence electrons. The van der Waals surface area contributed by atoms with Gasteiger partial charge >= 0.3 is 18.0 Å². The molecule has 1 aromatic rings. The molecule has 0 spiro atoms. The van der Waals surface area contributed by atoms with E-state index in [0.717, 1.165) is 0 Å². The molecule has 0 aromatic heterocycles. The first-order valence-electron chi connectivity index (χ1n) is 8.23. The summed E-state index contributed by atoms with van der Waals surface area (Å²) >= 11 is 0. The van der Waals surface area contributed by atoms with Crippen molar-refractivity contribution in [3.05, 3.63) is 23.8 Å². The van der Waals surface area contributed by atoms with Crippen molar-refractivity contribution in [3.63, 3.8) is 0 Å². The van der Waals surface area contributed by atoms with Crippen LogP contribution in [0.5, 0.6) is 11.5 Å². The lowest BCUT2D eigenvalue weighted by molar-refractivity contribution is -0.146. The second-order valence-electron chi connectivity index (χ2n) is 5.77. The van der Waals surface area contributed by atoms with Crippen molar-refractivity contribution in [2.45, 2.75) is 40.3 Å². The van der Waals surface area contributed by atoms with E-state index in [-0.39, 0.29) is 24.9 Å². The summed E-state index contributed by atoms with van der Waals surface area (Å²) in [6.07, 6.45) is -0.736. The van der Waals surface area contributed by atoms with Crippen LogP contribution in [-0.2, 0) is 25.7 Å². The average molecular weight is 367 g/mol. The molecule has 1 unspecified atom stereocenters. The van der Waals surface area contributed by atoms with Gasteiger partial charge in [-0.2, -0.15) is 0 Å². The van der Waals surface area contributed by atoms with Gasteiger partial charge in [0.1, 0.15) is 12.6 Å². The van der Waals surface area contributed by atoms with Gasteiger partial charge in [-0.15, -0.1) is 0 Å². The molecule has 8 nitrogen and oxygen atoms in total. The van der Waals surface area contributed by atoms with Crippen LogP contribution < -0.4 is 14.8 Å². The molecular weight excluding hydrogens is 342 g/mol. The van der Waals surface area contributed by atoms with Crippen LogP contribution >= 0.6 is 0 Å². The standard InChI is InChI=1S/C18H25NO7/c1-6-24-17(21)16(11(2)3)19-18(22)25-10-13-7-8-14(26-12(4)20)15(9-13)23-5/h7-9,11,16H,6,10H2,1-5H3,(H,19,22). The topological polar surface area (TPSA) is 100 Å². The quantitative estimate of drug-likeness (QED) is 0.556. The summed E-state index contributed by atoms with van der Waals surface area (Å²) in [6.45, 7) is 6.75. The van der Waals surface area contributed by atoms with Gasteiger partial charge in [-0.05, 0) is 30.5 Å². The van der Waals surface area contributed by atoms with Gasteiger partial charge in [-0.3, -0.25) is 4.79 Å². The number of hydrogen-bond donors (Lipinski definition) is 1. The van der Waals surface area contributed by atoms with Gasteiger partial charge in [-0.25, -0.2) is 9.59 Å². The lowest BCUT2D eigenvalue weighted by Crippen LogP contribution is -2.45. The van der Waals surface area contributed by atoms with E-state index in [4.69, 9.17) is 18.9 Å². The van der Waals surface area contributed by atoms with Crippen LogP contribution in [0.4, 0.5) is 4.79 Å². The Hall–Kier alpha value is -2.77. The number of methoxy groups -OCH3 is 1. The number of alkyl carbamates (subject to hydrolysis) is 1. The van der Waals surface area contributed by atoms with Crippen molar-refractivity contribution in [1.82, 2.24) is 5.32 Å². The zero-order valence-corrected chi connectivity index (χ0v) is 15.7. The first kappa shape index (κ1) is 21.3.